The molecule has 1 aliphatic carbocycles. The third-order valence-corrected chi connectivity index (χ3v) is 5.19. The average Bonchev–Trinajstić information content (AvgIpc) is 2.42. The van der Waals surface area contributed by atoms with Crippen molar-refractivity contribution in [1.82, 2.24) is 5.32 Å². The molecule has 1 aliphatic rings. The van der Waals surface area contributed by atoms with Gasteiger partial charge in [-0.25, -0.2) is 0 Å². The third kappa shape index (κ3) is 3.61. The van der Waals surface area contributed by atoms with Crippen molar-refractivity contribution in [2.75, 3.05) is 0 Å². The fraction of sp³-hybridized carbons (Fsp3) is 0.533. The zero-order valence-electron chi connectivity index (χ0n) is 12.1. The van der Waals surface area contributed by atoms with Crippen LogP contribution in [0.4, 0.5) is 5.69 Å². The van der Waals surface area contributed by atoms with Crippen molar-refractivity contribution in [1.29, 1.82) is 0 Å². The highest BCUT2D eigenvalue weighted by Crippen LogP contribution is 2.31. The van der Waals surface area contributed by atoms with Crippen molar-refractivity contribution in [3.05, 3.63) is 38.3 Å². The summed E-state index contributed by atoms with van der Waals surface area (Å²) in [5, 5.41) is 13.9. The Labute approximate surface area is 132 Å². The van der Waals surface area contributed by atoms with Gasteiger partial charge in [0, 0.05) is 12.1 Å². The topological polar surface area (TPSA) is 72.2 Å². The molecule has 1 saturated carbocycles. The maximum absolute atomic E-state index is 12.3. The van der Waals surface area contributed by atoms with Crippen molar-refractivity contribution in [2.24, 2.45) is 11.8 Å². The van der Waals surface area contributed by atoms with E-state index in [4.69, 9.17) is 0 Å². The molecule has 1 aromatic rings. The Bertz CT molecular complexity index is 562. The van der Waals surface area contributed by atoms with Crippen LogP contribution in [0.15, 0.2) is 22.7 Å². The van der Waals surface area contributed by atoms with Crippen LogP contribution in [-0.2, 0) is 0 Å². The molecular weight excluding hydrogens is 336 g/mol. The molecule has 3 unspecified atom stereocenters. The SMILES string of the molecule is CC1CCC(NC(=O)c2cccc([N+](=O)[O-])c2Br)CC1C. The molecule has 5 nitrogen and oxygen atoms in total. The zero-order chi connectivity index (χ0) is 15.6. The number of nitro groups is 1. The Hall–Kier alpha value is -1.43. The Kier molecular flexibility index (Phi) is 4.98. The lowest BCUT2D eigenvalue weighted by Gasteiger charge is -2.32. The zero-order valence-corrected chi connectivity index (χ0v) is 13.7. The predicted octanol–water partition coefficient (Wildman–Crippen LogP) is 3.91. The highest BCUT2D eigenvalue weighted by Gasteiger charge is 2.27. The van der Waals surface area contributed by atoms with Crippen LogP contribution in [-0.4, -0.2) is 16.9 Å². The van der Waals surface area contributed by atoms with Gasteiger partial charge in [0.05, 0.1) is 10.5 Å². The van der Waals surface area contributed by atoms with Crippen molar-refractivity contribution < 1.29 is 9.72 Å². The van der Waals surface area contributed by atoms with E-state index in [1.165, 1.54) is 12.1 Å². The van der Waals surface area contributed by atoms with Gasteiger partial charge >= 0.3 is 0 Å². The molecule has 1 N–H and O–H groups in total. The number of hydrogen-bond donors (Lipinski definition) is 1. The molecule has 1 aromatic carbocycles. The number of rotatable bonds is 3. The van der Waals surface area contributed by atoms with E-state index in [9.17, 15) is 14.9 Å². The summed E-state index contributed by atoms with van der Waals surface area (Å²) in [4.78, 5) is 22.7. The molecule has 1 fully saturated rings. The molecule has 2 rings (SSSR count). The van der Waals surface area contributed by atoms with E-state index < -0.39 is 4.92 Å². The van der Waals surface area contributed by atoms with Crippen LogP contribution in [0.3, 0.4) is 0 Å². The number of nitrogens with zero attached hydrogens (tertiary/aromatic N) is 1. The number of nitrogens with one attached hydrogen (secondary N) is 1. The first kappa shape index (κ1) is 15.9. The molecular formula is C15H19BrN2O3. The highest BCUT2D eigenvalue weighted by molar-refractivity contribution is 9.10. The lowest BCUT2D eigenvalue weighted by atomic mass is 9.79. The lowest BCUT2D eigenvalue weighted by molar-refractivity contribution is -0.385. The van der Waals surface area contributed by atoms with Crippen molar-refractivity contribution in [3.8, 4) is 0 Å². The van der Waals surface area contributed by atoms with Gasteiger partial charge in [0.1, 0.15) is 4.47 Å². The third-order valence-electron chi connectivity index (χ3n) is 4.35. The first-order valence-electron chi connectivity index (χ1n) is 7.14. The van der Waals surface area contributed by atoms with E-state index in [2.05, 4.69) is 35.1 Å². The molecule has 6 heteroatoms. The number of hydrogen-bond acceptors (Lipinski definition) is 3. The number of carbonyl (C=O) groups excluding carboxylic acids is 1. The summed E-state index contributed by atoms with van der Waals surface area (Å²) < 4.78 is 0.240. The quantitative estimate of drug-likeness (QED) is 0.660. The summed E-state index contributed by atoms with van der Waals surface area (Å²) in [6.45, 7) is 4.44. The second-order valence-corrected chi connectivity index (χ2v) is 6.63. The largest absolute Gasteiger partial charge is 0.349 e. The van der Waals surface area contributed by atoms with Crippen LogP contribution in [0.1, 0.15) is 43.5 Å². The van der Waals surface area contributed by atoms with Gasteiger partial charge in [0.15, 0.2) is 0 Å². The number of nitro benzene ring substituents is 1. The minimum atomic E-state index is -0.495. The number of halogens is 1. The van der Waals surface area contributed by atoms with Gasteiger partial charge in [0.25, 0.3) is 11.6 Å². The summed E-state index contributed by atoms with van der Waals surface area (Å²) in [7, 11) is 0. The smallest absolute Gasteiger partial charge is 0.284 e. The van der Waals surface area contributed by atoms with E-state index >= 15 is 0 Å². The predicted molar refractivity (Wildman–Crippen MR) is 84.2 cm³/mol. The normalized spacial score (nSPS) is 25.4. The number of benzene rings is 1. The van der Waals surface area contributed by atoms with Gasteiger partial charge < -0.3 is 5.32 Å². The van der Waals surface area contributed by atoms with Crippen molar-refractivity contribution in [2.45, 2.75) is 39.2 Å². The molecule has 1 amide bonds. The highest BCUT2D eigenvalue weighted by atomic mass is 79.9. The van der Waals surface area contributed by atoms with Gasteiger partial charge in [-0.3, -0.25) is 14.9 Å². The lowest BCUT2D eigenvalue weighted by Crippen LogP contribution is -2.40. The number of carbonyl (C=O) groups is 1. The summed E-state index contributed by atoms with van der Waals surface area (Å²) in [6.07, 6.45) is 3.02. The molecule has 3 atom stereocenters. The van der Waals surface area contributed by atoms with Gasteiger partial charge in [-0.2, -0.15) is 0 Å². The summed E-state index contributed by atoms with van der Waals surface area (Å²) in [5.41, 5.74) is 0.226. The van der Waals surface area contributed by atoms with Gasteiger partial charge in [-0.15, -0.1) is 0 Å². The summed E-state index contributed by atoms with van der Waals surface area (Å²) in [5.74, 6) is 1.01. The van der Waals surface area contributed by atoms with Crippen LogP contribution in [0.5, 0.6) is 0 Å². The molecule has 0 aromatic heterocycles. The standard InChI is InChI=1S/C15H19BrN2O3/c1-9-6-7-11(8-10(9)2)17-15(19)12-4-3-5-13(14(12)16)18(20)21/h3-5,9-11H,6-8H2,1-2H3,(H,17,19). The molecule has 21 heavy (non-hydrogen) atoms. The van der Waals surface area contributed by atoms with Crippen LogP contribution < -0.4 is 5.32 Å². The first-order chi connectivity index (χ1) is 9.90. The minimum absolute atomic E-state index is 0.0896. The average molecular weight is 355 g/mol. The fourth-order valence-corrected chi connectivity index (χ4v) is 3.37. The molecule has 114 valence electrons. The molecule has 0 spiro atoms. The van der Waals surface area contributed by atoms with Gasteiger partial charge in [-0.05, 0) is 53.1 Å². The number of amides is 1. The van der Waals surface area contributed by atoms with E-state index in [0.29, 0.717) is 17.4 Å². The maximum atomic E-state index is 12.3. The van der Waals surface area contributed by atoms with Gasteiger partial charge in [0.2, 0.25) is 0 Å². The molecule has 0 saturated heterocycles. The molecule has 0 heterocycles. The van der Waals surface area contributed by atoms with Gasteiger partial charge in [-0.1, -0.05) is 19.9 Å². The Morgan fingerprint density at radius 2 is 2.05 bits per heavy atom. The van der Waals surface area contributed by atoms with E-state index in [1.807, 2.05) is 0 Å². The van der Waals surface area contributed by atoms with Crippen LogP contribution in [0.25, 0.3) is 0 Å². The summed E-state index contributed by atoms with van der Waals surface area (Å²) in [6, 6.07) is 4.66. The van der Waals surface area contributed by atoms with E-state index in [0.717, 1.165) is 19.3 Å². The minimum Gasteiger partial charge on any atom is -0.349 e. The van der Waals surface area contributed by atoms with E-state index in [1.54, 1.807) is 6.07 Å². The fourth-order valence-electron chi connectivity index (χ4n) is 2.78. The maximum Gasteiger partial charge on any atom is 0.284 e. The summed E-state index contributed by atoms with van der Waals surface area (Å²) >= 11 is 3.17. The Balaban J connectivity index is 2.11. The van der Waals surface area contributed by atoms with Crippen molar-refractivity contribution >= 4 is 27.5 Å². The van der Waals surface area contributed by atoms with Crippen molar-refractivity contribution in [3.63, 3.8) is 0 Å². The Morgan fingerprint density at radius 1 is 1.33 bits per heavy atom. The van der Waals surface area contributed by atoms with Crippen LogP contribution in [0.2, 0.25) is 0 Å². The Morgan fingerprint density at radius 3 is 2.67 bits per heavy atom. The van der Waals surface area contributed by atoms with E-state index in [-0.39, 0.29) is 22.1 Å². The molecule has 0 aliphatic heterocycles. The van der Waals surface area contributed by atoms with Crippen LogP contribution in [0, 0.1) is 22.0 Å². The first-order valence-corrected chi connectivity index (χ1v) is 7.93. The molecule has 0 bridgehead atoms. The monoisotopic (exact) mass is 354 g/mol. The second-order valence-electron chi connectivity index (χ2n) is 5.83. The van der Waals surface area contributed by atoms with Crippen LogP contribution >= 0.6 is 15.9 Å². The molecule has 0 radical (unpaired) electrons. The second kappa shape index (κ2) is 6.56.